The highest BCUT2D eigenvalue weighted by atomic mass is 16.6. The first-order valence-corrected chi connectivity index (χ1v) is 6.68. The molecule has 1 amide bonds. The molecule has 1 saturated heterocycles. The summed E-state index contributed by atoms with van der Waals surface area (Å²) in [5.41, 5.74) is 5.38. The van der Waals surface area contributed by atoms with Gasteiger partial charge in [-0.05, 0) is 46.5 Å². The summed E-state index contributed by atoms with van der Waals surface area (Å²) >= 11 is 0. The third kappa shape index (κ3) is 2.62. The number of rotatable bonds is 1. The van der Waals surface area contributed by atoms with Crippen LogP contribution in [0.4, 0.5) is 4.79 Å². The molecular weight excluding hydrogens is 232 g/mol. The average Bonchev–Trinajstić information content (AvgIpc) is 2.60. The van der Waals surface area contributed by atoms with E-state index in [4.69, 9.17) is 10.5 Å². The molecule has 0 spiro atoms. The summed E-state index contributed by atoms with van der Waals surface area (Å²) in [5.74, 6) is 0. The molecule has 2 rings (SSSR count). The largest absolute Gasteiger partial charge is 0.444 e. The summed E-state index contributed by atoms with van der Waals surface area (Å²) < 4.78 is 5.41. The molecule has 104 valence electrons. The van der Waals surface area contributed by atoms with Gasteiger partial charge in [0.25, 0.3) is 0 Å². The van der Waals surface area contributed by atoms with Crippen molar-refractivity contribution in [1.29, 1.82) is 0 Å². The Morgan fingerprint density at radius 1 is 1.44 bits per heavy atom. The zero-order valence-corrected chi connectivity index (χ0v) is 11.5. The number of nitrogens with zero attached hydrogens (tertiary/aromatic N) is 1. The van der Waals surface area contributed by atoms with Crippen LogP contribution in [0.5, 0.6) is 0 Å². The Balaban J connectivity index is 2.02. The summed E-state index contributed by atoms with van der Waals surface area (Å²) in [5, 5.41) is 9.44. The fraction of sp³-hybridized carbons (Fsp3) is 0.923. The number of carbonyl (C=O) groups excluding carboxylic acids is 1. The topological polar surface area (TPSA) is 75.8 Å². The molecule has 0 aromatic heterocycles. The van der Waals surface area contributed by atoms with E-state index in [1.807, 2.05) is 20.8 Å². The standard InChI is InChI=1S/C13H24N2O3/c1-12(2,3)18-11(17)15-6-4-5-10(15)13(14)7-9(16)8-13/h9-10,16H,4-8,14H2,1-3H3. The molecule has 3 N–H and O–H groups in total. The van der Waals surface area contributed by atoms with E-state index in [0.717, 1.165) is 12.8 Å². The lowest BCUT2D eigenvalue weighted by molar-refractivity contribution is -0.0301. The van der Waals surface area contributed by atoms with Gasteiger partial charge in [-0.15, -0.1) is 0 Å². The Bertz CT molecular complexity index is 332. The van der Waals surface area contributed by atoms with Crippen molar-refractivity contribution in [3.8, 4) is 0 Å². The number of carbonyl (C=O) groups is 1. The molecule has 0 aromatic rings. The molecule has 1 aliphatic heterocycles. The van der Waals surface area contributed by atoms with Crippen molar-refractivity contribution < 1.29 is 14.6 Å². The number of hydrogen-bond acceptors (Lipinski definition) is 4. The van der Waals surface area contributed by atoms with Crippen molar-refractivity contribution in [2.75, 3.05) is 6.54 Å². The summed E-state index contributed by atoms with van der Waals surface area (Å²) in [4.78, 5) is 13.9. The molecule has 0 bridgehead atoms. The first-order valence-electron chi connectivity index (χ1n) is 6.68. The van der Waals surface area contributed by atoms with Gasteiger partial charge in [-0.25, -0.2) is 4.79 Å². The van der Waals surface area contributed by atoms with E-state index in [-0.39, 0.29) is 18.2 Å². The number of aliphatic hydroxyl groups excluding tert-OH is 1. The Kier molecular flexibility index (Phi) is 3.32. The Morgan fingerprint density at radius 3 is 2.56 bits per heavy atom. The lowest BCUT2D eigenvalue weighted by Gasteiger charge is -2.49. The van der Waals surface area contributed by atoms with Crippen LogP contribution in [-0.4, -0.2) is 45.9 Å². The molecule has 18 heavy (non-hydrogen) atoms. The predicted octanol–water partition coefficient (Wildman–Crippen LogP) is 1.24. The third-order valence-electron chi connectivity index (χ3n) is 3.78. The maximum Gasteiger partial charge on any atom is 0.410 e. The van der Waals surface area contributed by atoms with Gasteiger partial charge < -0.3 is 20.5 Å². The fourth-order valence-electron chi connectivity index (χ4n) is 2.99. The highest BCUT2D eigenvalue weighted by Crippen LogP contribution is 2.39. The van der Waals surface area contributed by atoms with Gasteiger partial charge in [-0.3, -0.25) is 0 Å². The fourth-order valence-corrected chi connectivity index (χ4v) is 2.99. The molecule has 5 heteroatoms. The second kappa shape index (κ2) is 4.38. The first kappa shape index (κ1) is 13.6. The van der Waals surface area contributed by atoms with E-state index in [1.165, 1.54) is 0 Å². The number of ether oxygens (including phenoxy) is 1. The Hall–Kier alpha value is -0.810. The van der Waals surface area contributed by atoms with E-state index in [2.05, 4.69) is 0 Å². The number of aliphatic hydroxyl groups is 1. The van der Waals surface area contributed by atoms with Gasteiger partial charge in [0.15, 0.2) is 0 Å². The summed E-state index contributed by atoms with van der Waals surface area (Å²) in [6.45, 7) is 6.29. The van der Waals surface area contributed by atoms with Gasteiger partial charge in [0.2, 0.25) is 0 Å². The van der Waals surface area contributed by atoms with Crippen LogP contribution in [-0.2, 0) is 4.74 Å². The van der Waals surface area contributed by atoms with Crippen LogP contribution in [0, 0.1) is 0 Å². The average molecular weight is 256 g/mol. The summed E-state index contributed by atoms with van der Waals surface area (Å²) in [6, 6.07) is 0.00995. The molecule has 1 saturated carbocycles. The smallest absolute Gasteiger partial charge is 0.410 e. The molecule has 0 radical (unpaired) electrons. The van der Waals surface area contributed by atoms with Crippen LogP contribution < -0.4 is 5.73 Å². The molecule has 2 fully saturated rings. The third-order valence-corrected chi connectivity index (χ3v) is 3.78. The number of amides is 1. The van der Waals surface area contributed by atoms with Gasteiger partial charge in [0.05, 0.1) is 12.1 Å². The van der Waals surface area contributed by atoms with Gasteiger partial charge in [-0.2, -0.15) is 0 Å². The summed E-state index contributed by atoms with van der Waals surface area (Å²) in [6.07, 6.45) is 2.43. The van der Waals surface area contributed by atoms with Crippen LogP contribution in [0.2, 0.25) is 0 Å². The van der Waals surface area contributed by atoms with E-state index in [0.29, 0.717) is 19.4 Å². The van der Waals surface area contributed by atoms with E-state index >= 15 is 0 Å². The van der Waals surface area contributed by atoms with E-state index in [9.17, 15) is 9.90 Å². The minimum absolute atomic E-state index is 0.00995. The van der Waals surface area contributed by atoms with Crippen molar-refractivity contribution in [2.24, 2.45) is 5.73 Å². The minimum Gasteiger partial charge on any atom is -0.444 e. The molecule has 5 nitrogen and oxygen atoms in total. The maximum atomic E-state index is 12.1. The van der Waals surface area contributed by atoms with Crippen LogP contribution >= 0.6 is 0 Å². The molecule has 0 aromatic carbocycles. The zero-order chi connectivity index (χ0) is 13.6. The normalized spacial score (nSPS) is 36.4. The van der Waals surface area contributed by atoms with Crippen LogP contribution in [0.1, 0.15) is 46.5 Å². The van der Waals surface area contributed by atoms with Crippen LogP contribution in [0.15, 0.2) is 0 Å². The molecule has 1 aliphatic carbocycles. The SMILES string of the molecule is CC(C)(C)OC(=O)N1CCCC1C1(N)CC(O)C1. The van der Waals surface area contributed by atoms with Gasteiger partial charge in [-0.1, -0.05) is 0 Å². The number of nitrogens with two attached hydrogens (primary N) is 1. The molecule has 2 aliphatic rings. The van der Waals surface area contributed by atoms with Crippen molar-refractivity contribution >= 4 is 6.09 Å². The molecular formula is C13H24N2O3. The number of hydrogen-bond donors (Lipinski definition) is 2. The van der Waals surface area contributed by atoms with E-state index in [1.54, 1.807) is 4.90 Å². The second-order valence-electron chi connectivity index (χ2n) is 6.63. The highest BCUT2D eigenvalue weighted by molar-refractivity contribution is 5.69. The van der Waals surface area contributed by atoms with Crippen molar-refractivity contribution in [1.82, 2.24) is 4.90 Å². The second-order valence-corrected chi connectivity index (χ2v) is 6.63. The quantitative estimate of drug-likeness (QED) is 0.740. The monoisotopic (exact) mass is 256 g/mol. The highest BCUT2D eigenvalue weighted by Gasteiger charge is 2.51. The van der Waals surface area contributed by atoms with Gasteiger partial charge in [0.1, 0.15) is 5.60 Å². The lowest BCUT2D eigenvalue weighted by atomic mass is 9.69. The lowest BCUT2D eigenvalue weighted by Crippen LogP contribution is -2.66. The molecule has 1 heterocycles. The predicted molar refractivity (Wildman–Crippen MR) is 68.1 cm³/mol. The van der Waals surface area contributed by atoms with Crippen LogP contribution in [0.3, 0.4) is 0 Å². The Morgan fingerprint density at radius 2 is 2.06 bits per heavy atom. The number of likely N-dealkylation sites (tertiary alicyclic amines) is 1. The van der Waals surface area contributed by atoms with E-state index < -0.39 is 11.1 Å². The van der Waals surface area contributed by atoms with Crippen molar-refractivity contribution in [3.05, 3.63) is 0 Å². The maximum absolute atomic E-state index is 12.1. The molecule has 1 atom stereocenters. The zero-order valence-electron chi connectivity index (χ0n) is 11.5. The van der Waals surface area contributed by atoms with Crippen LogP contribution in [0.25, 0.3) is 0 Å². The minimum atomic E-state index is -0.481. The first-order chi connectivity index (χ1) is 8.21. The van der Waals surface area contributed by atoms with Gasteiger partial charge in [0, 0.05) is 12.1 Å². The van der Waals surface area contributed by atoms with Crippen molar-refractivity contribution in [2.45, 2.75) is 69.7 Å². The molecule has 1 unspecified atom stereocenters. The van der Waals surface area contributed by atoms with Gasteiger partial charge >= 0.3 is 6.09 Å². The Labute approximate surface area is 108 Å². The summed E-state index contributed by atoms with van der Waals surface area (Å²) in [7, 11) is 0. The van der Waals surface area contributed by atoms with Crippen molar-refractivity contribution in [3.63, 3.8) is 0 Å².